The number of rotatable bonds is 6. The number of para-hydroxylation sites is 1. The van der Waals surface area contributed by atoms with E-state index in [1.54, 1.807) is 6.08 Å². The minimum absolute atomic E-state index is 0.0861. The second-order valence-electron chi connectivity index (χ2n) is 5.85. The summed E-state index contributed by atoms with van der Waals surface area (Å²) in [5.41, 5.74) is 1.51. The molecule has 132 valence electrons. The van der Waals surface area contributed by atoms with E-state index < -0.39 is 10.7 Å². The Labute approximate surface area is 155 Å². The van der Waals surface area contributed by atoms with Gasteiger partial charge in [-0.15, -0.1) is 6.58 Å². The predicted octanol–water partition coefficient (Wildman–Crippen LogP) is 4.53. The third-order valence-electron chi connectivity index (χ3n) is 4.13. The molecule has 0 aliphatic carbocycles. The summed E-state index contributed by atoms with van der Waals surface area (Å²) in [5.74, 6) is -0.554. The standard InChI is InChI=1S/C21H15N3O3/c1-2-10-23-14-17(19-8-3-4-9-20(19)23)11-16(13-22)21(25)15-6-5-7-18(12-15)24(26)27/h2-9,11-12,14H,1,10H2/b16-11+. The van der Waals surface area contributed by atoms with E-state index in [0.29, 0.717) is 6.54 Å². The molecule has 3 rings (SSSR count). The zero-order chi connectivity index (χ0) is 19.4. The Bertz CT molecular complexity index is 1130. The fraction of sp³-hybridized carbons (Fsp3) is 0.0476. The number of non-ortho nitro benzene ring substituents is 1. The van der Waals surface area contributed by atoms with Crippen molar-refractivity contribution in [2.75, 3.05) is 0 Å². The summed E-state index contributed by atoms with van der Waals surface area (Å²) in [4.78, 5) is 23.0. The first kappa shape index (κ1) is 17.8. The normalized spacial score (nSPS) is 11.1. The number of hydrogen-bond donors (Lipinski definition) is 0. The van der Waals surface area contributed by atoms with E-state index in [-0.39, 0.29) is 16.8 Å². The van der Waals surface area contributed by atoms with Gasteiger partial charge in [-0.25, -0.2) is 0 Å². The number of fused-ring (bicyclic) bond motifs is 1. The van der Waals surface area contributed by atoms with Crippen LogP contribution in [-0.2, 0) is 6.54 Å². The summed E-state index contributed by atoms with van der Waals surface area (Å²) in [6, 6.07) is 14.9. The average Bonchev–Trinajstić information content (AvgIpc) is 3.03. The number of nitriles is 1. The van der Waals surface area contributed by atoms with Crippen LogP contribution in [-0.4, -0.2) is 15.3 Å². The fourth-order valence-electron chi connectivity index (χ4n) is 2.90. The van der Waals surface area contributed by atoms with E-state index in [1.165, 1.54) is 30.3 Å². The third-order valence-corrected chi connectivity index (χ3v) is 4.13. The minimum atomic E-state index is -0.574. The maximum absolute atomic E-state index is 12.7. The van der Waals surface area contributed by atoms with Crippen molar-refractivity contribution in [3.63, 3.8) is 0 Å². The van der Waals surface area contributed by atoms with Crippen LogP contribution in [0.1, 0.15) is 15.9 Å². The van der Waals surface area contributed by atoms with Crippen LogP contribution in [0, 0.1) is 21.4 Å². The minimum Gasteiger partial charge on any atom is -0.343 e. The fourth-order valence-corrected chi connectivity index (χ4v) is 2.90. The molecule has 0 spiro atoms. The smallest absolute Gasteiger partial charge is 0.270 e. The highest BCUT2D eigenvalue weighted by Crippen LogP contribution is 2.25. The Balaban J connectivity index is 2.07. The van der Waals surface area contributed by atoms with Gasteiger partial charge in [-0.2, -0.15) is 5.26 Å². The molecule has 0 aliphatic heterocycles. The summed E-state index contributed by atoms with van der Waals surface area (Å²) >= 11 is 0. The highest BCUT2D eigenvalue weighted by atomic mass is 16.6. The van der Waals surface area contributed by atoms with E-state index in [0.717, 1.165) is 16.5 Å². The number of nitrogens with zero attached hydrogens (tertiary/aromatic N) is 3. The number of nitro groups is 1. The molecule has 0 amide bonds. The molecule has 0 unspecified atom stereocenters. The quantitative estimate of drug-likeness (QED) is 0.162. The van der Waals surface area contributed by atoms with Crippen molar-refractivity contribution in [2.24, 2.45) is 0 Å². The van der Waals surface area contributed by atoms with Crippen molar-refractivity contribution in [1.82, 2.24) is 4.57 Å². The lowest BCUT2D eigenvalue weighted by Gasteiger charge is -2.00. The van der Waals surface area contributed by atoms with Crippen molar-refractivity contribution < 1.29 is 9.72 Å². The van der Waals surface area contributed by atoms with Gasteiger partial charge in [0.05, 0.1) is 4.92 Å². The number of aromatic nitrogens is 1. The topological polar surface area (TPSA) is 88.9 Å². The van der Waals surface area contributed by atoms with Crippen LogP contribution >= 0.6 is 0 Å². The molecule has 0 atom stereocenters. The molecular formula is C21H15N3O3. The molecule has 3 aromatic rings. The highest BCUT2D eigenvalue weighted by Gasteiger charge is 2.17. The molecule has 6 heteroatoms. The van der Waals surface area contributed by atoms with Gasteiger partial charge in [-0.05, 0) is 12.1 Å². The van der Waals surface area contributed by atoms with E-state index >= 15 is 0 Å². The molecular weight excluding hydrogens is 342 g/mol. The molecule has 0 saturated heterocycles. The van der Waals surface area contributed by atoms with Gasteiger partial charge in [0, 0.05) is 46.9 Å². The van der Waals surface area contributed by atoms with Gasteiger partial charge in [0.1, 0.15) is 11.6 Å². The number of benzene rings is 2. The third kappa shape index (κ3) is 3.53. The monoisotopic (exact) mass is 357 g/mol. The molecule has 0 fully saturated rings. The van der Waals surface area contributed by atoms with Crippen molar-refractivity contribution in [3.8, 4) is 6.07 Å². The lowest BCUT2D eigenvalue weighted by atomic mass is 10.0. The van der Waals surface area contributed by atoms with Crippen LogP contribution in [0.4, 0.5) is 5.69 Å². The number of hydrogen-bond acceptors (Lipinski definition) is 4. The number of allylic oxidation sites excluding steroid dienone is 2. The van der Waals surface area contributed by atoms with Crippen molar-refractivity contribution in [2.45, 2.75) is 6.54 Å². The molecule has 0 radical (unpaired) electrons. The van der Waals surface area contributed by atoms with Crippen LogP contribution < -0.4 is 0 Å². The lowest BCUT2D eigenvalue weighted by Crippen LogP contribution is -2.02. The zero-order valence-electron chi connectivity index (χ0n) is 14.3. The number of ketones is 1. The number of nitro benzene ring substituents is 1. The molecule has 6 nitrogen and oxygen atoms in total. The predicted molar refractivity (Wildman–Crippen MR) is 103 cm³/mol. The Morgan fingerprint density at radius 2 is 2.04 bits per heavy atom. The number of carbonyl (C=O) groups excluding carboxylic acids is 1. The van der Waals surface area contributed by atoms with E-state index in [1.807, 2.05) is 41.1 Å². The van der Waals surface area contributed by atoms with Crippen molar-refractivity contribution in [3.05, 3.63) is 94.2 Å². The lowest BCUT2D eigenvalue weighted by molar-refractivity contribution is -0.384. The van der Waals surface area contributed by atoms with Crippen LogP contribution in [0.5, 0.6) is 0 Å². The largest absolute Gasteiger partial charge is 0.343 e. The summed E-state index contributed by atoms with van der Waals surface area (Å²) in [6.45, 7) is 4.33. The zero-order valence-corrected chi connectivity index (χ0v) is 14.3. The maximum Gasteiger partial charge on any atom is 0.270 e. The molecule has 0 bridgehead atoms. The molecule has 27 heavy (non-hydrogen) atoms. The van der Waals surface area contributed by atoms with Crippen molar-refractivity contribution in [1.29, 1.82) is 5.26 Å². The van der Waals surface area contributed by atoms with Crippen LogP contribution in [0.15, 0.2) is 73.0 Å². The molecule has 1 aromatic heterocycles. The summed E-state index contributed by atoms with van der Waals surface area (Å²) in [5, 5.41) is 21.3. The van der Waals surface area contributed by atoms with Gasteiger partial charge in [-0.1, -0.05) is 36.4 Å². The molecule has 0 N–H and O–H groups in total. The first-order valence-corrected chi connectivity index (χ1v) is 8.15. The van der Waals surface area contributed by atoms with Gasteiger partial charge in [-0.3, -0.25) is 14.9 Å². The van der Waals surface area contributed by atoms with E-state index in [4.69, 9.17) is 0 Å². The Morgan fingerprint density at radius 1 is 1.26 bits per heavy atom. The van der Waals surface area contributed by atoms with Gasteiger partial charge >= 0.3 is 0 Å². The first-order chi connectivity index (χ1) is 13.0. The summed E-state index contributed by atoms with van der Waals surface area (Å²) < 4.78 is 1.97. The first-order valence-electron chi connectivity index (χ1n) is 8.15. The van der Waals surface area contributed by atoms with Gasteiger partial charge in [0.25, 0.3) is 5.69 Å². The molecule has 0 aliphatic rings. The molecule has 2 aromatic carbocycles. The maximum atomic E-state index is 12.7. The molecule has 0 saturated carbocycles. The van der Waals surface area contributed by atoms with Gasteiger partial charge in [0.15, 0.2) is 0 Å². The van der Waals surface area contributed by atoms with E-state index in [9.17, 15) is 20.2 Å². The summed E-state index contributed by atoms with van der Waals surface area (Å²) in [6.07, 6.45) is 5.13. The van der Waals surface area contributed by atoms with E-state index in [2.05, 4.69) is 6.58 Å². The van der Waals surface area contributed by atoms with Crippen molar-refractivity contribution >= 4 is 28.4 Å². The second-order valence-corrected chi connectivity index (χ2v) is 5.85. The highest BCUT2D eigenvalue weighted by molar-refractivity contribution is 6.15. The average molecular weight is 357 g/mol. The van der Waals surface area contributed by atoms with Gasteiger partial charge < -0.3 is 4.57 Å². The van der Waals surface area contributed by atoms with Gasteiger partial charge in [0.2, 0.25) is 5.78 Å². The SMILES string of the molecule is C=CCn1cc(/C=C(\C#N)C(=O)c2cccc([N+](=O)[O-])c2)c2ccccc21. The summed E-state index contributed by atoms with van der Waals surface area (Å²) in [7, 11) is 0. The van der Waals surface area contributed by atoms with Crippen LogP contribution in [0.2, 0.25) is 0 Å². The number of carbonyl (C=O) groups is 1. The second kappa shape index (κ2) is 7.50. The Kier molecular flexibility index (Phi) is 4.95. The molecule has 1 heterocycles. The number of Topliss-reactive ketones (excluding diaryl/α,β-unsaturated/α-hetero) is 1. The van der Waals surface area contributed by atoms with Crippen LogP contribution in [0.3, 0.4) is 0 Å². The van der Waals surface area contributed by atoms with Crippen LogP contribution in [0.25, 0.3) is 17.0 Å². The Hall–Kier alpha value is -3.98. The Morgan fingerprint density at radius 3 is 2.74 bits per heavy atom.